The predicted octanol–water partition coefficient (Wildman–Crippen LogP) is 3.47. The monoisotopic (exact) mass is 291 g/mol. The lowest BCUT2D eigenvalue weighted by Gasteiger charge is -2.20. The SMILES string of the molecule is CC(C)C(CBr)NCc1c(F)cccc1F. The van der Waals surface area contributed by atoms with Gasteiger partial charge in [-0.15, -0.1) is 0 Å². The topological polar surface area (TPSA) is 12.0 Å². The molecule has 1 aromatic carbocycles. The highest BCUT2D eigenvalue weighted by atomic mass is 79.9. The molecule has 90 valence electrons. The highest BCUT2D eigenvalue weighted by Gasteiger charge is 2.14. The van der Waals surface area contributed by atoms with Gasteiger partial charge in [-0.2, -0.15) is 0 Å². The fraction of sp³-hybridized carbons (Fsp3) is 0.500. The van der Waals surface area contributed by atoms with Gasteiger partial charge >= 0.3 is 0 Å². The maximum absolute atomic E-state index is 13.3. The molecule has 1 rings (SSSR count). The van der Waals surface area contributed by atoms with Crippen LogP contribution in [0.2, 0.25) is 0 Å². The van der Waals surface area contributed by atoms with Crippen molar-refractivity contribution in [2.75, 3.05) is 5.33 Å². The second kappa shape index (κ2) is 6.30. The molecule has 0 heterocycles. The van der Waals surface area contributed by atoms with Gasteiger partial charge < -0.3 is 5.32 Å². The van der Waals surface area contributed by atoms with Crippen LogP contribution in [0, 0.1) is 17.6 Å². The van der Waals surface area contributed by atoms with E-state index in [1.807, 2.05) is 0 Å². The molecule has 0 spiro atoms. The molecule has 1 unspecified atom stereocenters. The molecule has 0 fully saturated rings. The normalized spacial score (nSPS) is 13.1. The van der Waals surface area contributed by atoms with Gasteiger partial charge in [0.1, 0.15) is 11.6 Å². The summed E-state index contributed by atoms with van der Waals surface area (Å²) in [6.07, 6.45) is 0. The molecule has 0 radical (unpaired) electrons. The number of hydrogen-bond donors (Lipinski definition) is 1. The summed E-state index contributed by atoms with van der Waals surface area (Å²) in [5.74, 6) is -0.580. The van der Waals surface area contributed by atoms with Gasteiger partial charge in [0.2, 0.25) is 0 Å². The fourth-order valence-electron chi connectivity index (χ4n) is 1.40. The smallest absolute Gasteiger partial charge is 0.130 e. The minimum absolute atomic E-state index is 0.106. The molecule has 1 nitrogen and oxygen atoms in total. The Hall–Kier alpha value is -0.480. The summed E-state index contributed by atoms with van der Waals surface area (Å²) < 4.78 is 26.6. The first kappa shape index (κ1) is 13.6. The lowest BCUT2D eigenvalue weighted by molar-refractivity contribution is 0.422. The highest BCUT2D eigenvalue weighted by Crippen LogP contribution is 2.13. The Balaban J connectivity index is 2.67. The van der Waals surface area contributed by atoms with Gasteiger partial charge in [-0.1, -0.05) is 35.8 Å². The summed E-state index contributed by atoms with van der Waals surface area (Å²) >= 11 is 3.38. The van der Waals surface area contributed by atoms with Gasteiger partial charge in [0.25, 0.3) is 0 Å². The third-order valence-corrected chi connectivity index (χ3v) is 3.27. The van der Waals surface area contributed by atoms with Crippen LogP contribution in [0.1, 0.15) is 19.4 Å². The van der Waals surface area contributed by atoms with E-state index in [4.69, 9.17) is 0 Å². The van der Waals surface area contributed by atoms with E-state index >= 15 is 0 Å². The van der Waals surface area contributed by atoms with Crippen LogP contribution in [0.25, 0.3) is 0 Å². The van der Waals surface area contributed by atoms with Crippen molar-refractivity contribution in [2.45, 2.75) is 26.4 Å². The first-order chi connectivity index (χ1) is 7.56. The Labute approximate surface area is 103 Å². The van der Waals surface area contributed by atoms with E-state index in [9.17, 15) is 8.78 Å². The molecule has 0 aliphatic heterocycles. The third kappa shape index (κ3) is 3.52. The van der Waals surface area contributed by atoms with Crippen molar-refractivity contribution in [1.29, 1.82) is 0 Å². The average Bonchev–Trinajstić information content (AvgIpc) is 2.22. The van der Waals surface area contributed by atoms with Crippen molar-refractivity contribution < 1.29 is 8.78 Å². The standard InChI is InChI=1S/C12H16BrF2N/c1-8(2)12(6-13)16-7-9-10(14)4-3-5-11(9)15/h3-5,8,12,16H,6-7H2,1-2H3. The van der Waals surface area contributed by atoms with Gasteiger partial charge in [0.05, 0.1) is 0 Å². The molecule has 1 N–H and O–H groups in total. The second-order valence-electron chi connectivity index (χ2n) is 4.09. The highest BCUT2D eigenvalue weighted by molar-refractivity contribution is 9.09. The van der Waals surface area contributed by atoms with Gasteiger partial charge in [0.15, 0.2) is 0 Å². The lowest BCUT2D eigenvalue weighted by Crippen LogP contribution is -2.35. The van der Waals surface area contributed by atoms with E-state index in [0.29, 0.717) is 5.92 Å². The third-order valence-electron chi connectivity index (χ3n) is 2.57. The summed E-state index contributed by atoms with van der Waals surface area (Å²) in [7, 11) is 0. The van der Waals surface area contributed by atoms with E-state index in [-0.39, 0.29) is 18.2 Å². The Morgan fingerprint density at radius 1 is 1.25 bits per heavy atom. The lowest BCUT2D eigenvalue weighted by atomic mass is 10.1. The average molecular weight is 292 g/mol. The zero-order valence-corrected chi connectivity index (χ0v) is 11.0. The molecule has 0 saturated carbocycles. The van der Waals surface area contributed by atoms with Crippen LogP contribution >= 0.6 is 15.9 Å². The number of nitrogens with one attached hydrogen (secondary N) is 1. The van der Waals surface area contributed by atoms with Crippen molar-refractivity contribution >= 4 is 15.9 Å². The van der Waals surface area contributed by atoms with E-state index in [2.05, 4.69) is 35.1 Å². The predicted molar refractivity (Wildman–Crippen MR) is 65.6 cm³/mol. The van der Waals surface area contributed by atoms with Gasteiger partial charge in [0, 0.05) is 23.5 Å². The van der Waals surface area contributed by atoms with Crippen molar-refractivity contribution in [3.05, 3.63) is 35.4 Å². The zero-order chi connectivity index (χ0) is 12.1. The second-order valence-corrected chi connectivity index (χ2v) is 4.73. The maximum Gasteiger partial charge on any atom is 0.130 e. The molecular weight excluding hydrogens is 276 g/mol. The van der Waals surface area contributed by atoms with Crippen molar-refractivity contribution in [3.8, 4) is 0 Å². The molecule has 0 amide bonds. The Morgan fingerprint density at radius 3 is 2.25 bits per heavy atom. The Bertz CT molecular complexity index is 322. The summed E-state index contributed by atoms with van der Waals surface area (Å²) in [6, 6.07) is 4.13. The number of halogens is 3. The molecular formula is C12H16BrF2N. The molecule has 0 bridgehead atoms. The first-order valence-electron chi connectivity index (χ1n) is 5.28. The molecule has 4 heteroatoms. The molecule has 0 aromatic heterocycles. The van der Waals surface area contributed by atoms with E-state index in [1.54, 1.807) is 0 Å². The number of hydrogen-bond acceptors (Lipinski definition) is 1. The largest absolute Gasteiger partial charge is 0.309 e. The number of rotatable bonds is 5. The summed E-state index contributed by atoms with van der Waals surface area (Å²) in [6.45, 7) is 4.35. The van der Waals surface area contributed by atoms with E-state index in [0.717, 1.165) is 5.33 Å². The molecule has 1 atom stereocenters. The van der Waals surface area contributed by atoms with E-state index in [1.165, 1.54) is 18.2 Å². The number of benzene rings is 1. The summed E-state index contributed by atoms with van der Waals surface area (Å²) in [5, 5.41) is 3.90. The van der Waals surface area contributed by atoms with Crippen molar-refractivity contribution in [2.24, 2.45) is 5.92 Å². The molecule has 1 aromatic rings. The van der Waals surface area contributed by atoms with Gasteiger partial charge in [-0.3, -0.25) is 0 Å². The summed E-state index contributed by atoms with van der Waals surface area (Å²) in [4.78, 5) is 0. The van der Waals surface area contributed by atoms with Crippen LogP contribution in [0.3, 0.4) is 0 Å². The minimum atomic E-state index is -0.496. The van der Waals surface area contributed by atoms with Crippen LogP contribution in [-0.2, 0) is 6.54 Å². The van der Waals surface area contributed by atoms with Crippen LogP contribution in [0.4, 0.5) is 8.78 Å². The van der Waals surface area contributed by atoms with Gasteiger partial charge in [-0.05, 0) is 18.1 Å². The minimum Gasteiger partial charge on any atom is -0.309 e. The molecule has 0 aliphatic carbocycles. The Kier molecular flexibility index (Phi) is 5.35. The van der Waals surface area contributed by atoms with Crippen LogP contribution in [0.5, 0.6) is 0 Å². The first-order valence-corrected chi connectivity index (χ1v) is 6.40. The molecule has 0 saturated heterocycles. The number of alkyl halides is 1. The van der Waals surface area contributed by atoms with Crippen LogP contribution in [-0.4, -0.2) is 11.4 Å². The van der Waals surface area contributed by atoms with E-state index < -0.39 is 11.6 Å². The van der Waals surface area contributed by atoms with Gasteiger partial charge in [-0.25, -0.2) is 8.78 Å². The van der Waals surface area contributed by atoms with Crippen molar-refractivity contribution in [1.82, 2.24) is 5.32 Å². The molecule has 16 heavy (non-hydrogen) atoms. The molecule has 0 aliphatic rings. The zero-order valence-electron chi connectivity index (χ0n) is 9.43. The van der Waals surface area contributed by atoms with Crippen LogP contribution < -0.4 is 5.32 Å². The quantitative estimate of drug-likeness (QED) is 0.819. The van der Waals surface area contributed by atoms with Crippen molar-refractivity contribution in [3.63, 3.8) is 0 Å². The summed E-state index contributed by atoms with van der Waals surface area (Å²) in [5.41, 5.74) is 0.106. The maximum atomic E-state index is 13.3. The Morgan fingerprint density at radius 2 is 1.81 bits per heavy atom. The fourth-order valence-corrected chi connectivity index (χ4v) is 2.38. The van der Waals surface area contributed by atoms with Crippen LogP contribution in [0.15, 0.2) is 18.2 Å².